The van der Waals surface area contributed by atoms with Gasteiger partial charge in [-0.1, -0.05) is 24.3 Å². The molecule has 0 unspecified atom stereocenters. The highest BCUT2D eigenvalue weighted by Crippen LogP contribution is 2.40. The van der Waals surface area contributed by atoms with Gasteiger partial charge in [-0.2, -0.15) is 0 Å². The normalized spacial score (nSPS) is 15.7. The fraction of sp³-hybridized carbons (Fsp3) is 0.192. The van der Waals surface area contributed by atoms with Gasteiger partial charge >= 0.3 is 0 Å². The van der Waals surface area contributed by atoms with Crippen LogP contribution in [0.3, 0.4) is 0 Å². The Bertz CT molecular complexity index is 1460. The molecule has 0 saturated carbocycles. The SMILES string of the molecule is Cc1cc(-c2nccc3cc4c(cc23)CCC(F)(F)C4)c2oc3ccccc3c2c1. The number of aromatic nitrogens is 1. The molecule has 3 aromatic carbocycles. The molecule has 1 aliphatic rings. The van der Waals surface area contributed by atoms with Gasteiger partial charge in [-0.15, -0.1) is 0 Å². The van der Waals surface area contributed by atoms with Crippen LogP contribution in [0.4, 0.5) is 8.78 Å². The van der Waals surface area contributed by atoms with Crippen LogP contribution in [0.15, 0.2) is 65.2 Å². The van der Waals surface area contributed by atoms with Gasteiger partial charge < -0.3 is 4.42 Å². The van der Waals surface area contributed by atoms with E-state index in [0.29, 0.717) is 6.42 Å². The smallest absolute Gasteiger partial charge is 0.252 e. The summed E-state index contributed by atoms with van der Waals surface area (Å²) in [6.45, 7) is 2.07. The summed E-state index contributed by atoms with van der Waals surface area (Å²) < 4.78 is 34.1. The van der Waals surface area contributed by atoms with Gasteiger partial charge in [0.05, 0.1) is 5.69 Å². The van der Waals surface area contributed by atoms with Gasteiger partial charge in [0.1, 0.15) is 11.2 Å². The van der Waals surface area contributed by atoms with E-state index in [4.69, 9.17) is 9.40 Å². The minimum absolute atomic E-state index is 0.0979. The molecule has 148 valence electrons. The Hall–Kier alpha value is -3.27. The lowest BCUT2D eigenvalue weighted by Gasteiger charge is -2.25. The number of nitrogens with zero attached hydrogens (tertiary/aromatic N) is 1. The maximum absolute atomic E-state index is 13.9. The summed E-state index contributed by atoms with van der Waals surface area (Å²) in [5, 5.41) is 4.06. The van der Waals surface area contributed by atoms with Crippen LogP contribution in [0.1, 0.15) is 23.1 Å². The summed E-state index contributed by atoms with van der Waals surface area (Å²) in [4.78, 5) is 4.71. The molecule has 0 aliphatic heterocycles. The zero-order valence-electron chi connectivity index (χ0n) is 16.5. The molecule has 6 rings (SSSR count). The van der Waals surface area contributed by atoms with E-state index >= 15 is 0 Å². The maximum Gasteiger partial charge on any atom is 0.252 e. The van der Waals surface area contributed by atoms with Crippen molar-refractivity contribution in [1.29, 1.82) is 0 Å². The summed E-state index contributed by atoms with van der Waals surface area (Å²) in [7, 11) is 0. The second-order valence-corrected chi connectivity index (χ2v) is 8.32. The number of aryl methyl sites for hydroxylation is 2. The number of para-hydroxylation sites is 1. The van der Waals surface area contributed by atoms with E-state index in [2.05, 4.69) is 31.2 Å². The predicted octanol–water partition coefficient (Wildman–Crippen LogP) is 7.23. The lowest BCUT2D eigenvalue weighted by Crippen LogP contribution is -2.25. The highest BCUT2D eigenvalue weighted by atomic mass is 19.3. The first kappa shape index (κ1) is 17.6. The van der Waals surface area contributed by atoms with E-state index in [9.17, 15) is 8.78 Å². The number of halogens is 2. The minimum atomic E-state index is -2.62. The molecule has 1 aliphatic carbocycles. The summed E-state index contributed by atoms with van der Waals surface area (Å²) in [5.74, 6) is -2.62. The van der Waals surface area contributed by atoms with E-state index in [1.54, 1.807) is 6.20 Å². The number of rotatable bonds is 1. The first-order valence-electron chi connectivity index (χ1n) is 10.2. The Morgan fingerprint density at radius 2 is 1.80 bits per heavy atom. The van der Waals surface area contributed by atoms with Gasteiger partial charge in [-0.25, -0.2) is 8.78 Å². The Labute approximate surface area is 172 Å². The monoisotopic (exact) mass is 399 g/mol. The molecule has 0 fully saturated rings. The highest BCUT2D eigenvalue weighted by molar-refractivity contribution is 6.11. The van der Waals surface area contributed by atoms with Gasteiger partial charge in [0.25, 0.3) is 5.92 Å². The van der Waals surface area contributed by atoms with Gasteiger partial charge in [0.2, 0.25) is 0 Å². The summed E-state index contributed by atoms with van der Waals surface area (Å²) in [5.41, 5.74) is 6.30. The minimum Gasteiger partial charge on any atom is -0.455 e. The van der Waals surface area contributed by atoms with Gasteiger partial charge in [-0.05, 0) is 65.8 Å². The lowest BCUT2D eigenvalue weighted by molar-refractivity contribution is -0.0121. The molecule has 0 amide bonds. The van der Waals surface area contributed by atoms with E-state index in [-0.39, 0.29) is 12.8 Å². The van der Waals surface area contributed by atoms with Crippen molar-refractivity contribution in [3.8, 4) is 11.3 Å². The summed E-state index contributed by atoms with van der Waals surface area (Å²) in [6, 6.07) is 18.1. The largest absolute Gasteiger partial charge is 0.455 e. The molecule has 2 nitrogen and oxygen atoms in total. The standard InChI is InChI=1S/C26H19F2NO/c1-15-10-21-19-4-2-3-5-23(19)30-25(21)22(11-15)24-20-13-16-6-8-26(27,28)14-18(16)12-17(20)7-9-29-24/h2-5,7,9-13H,6,8,14H2,1H3. The zero-order valence-corrected chi connectivity index (χ0v) is 16.5. The third kappa shape index (κ3) is 2.63. The number of benzene rings is 3. The van der Waals surface area contributed by atoms with Gasteiger partial charge in [-0.3, -0.25) is 4.98 Å². The molecular weight excluding hydrogens is 380 g/mol. The molecule has 0 bridgehead atoms. The number of hydrogen-bond acceptors (Lipinski definition) is 2. The fourth-order valence-electron chi connectivity index (χ4n) is 4.76. The third-order valence-corrected chi connectivity index (χ3v) is 6.17. The molecular formula is C26H19F2NO. The average molecular weight is 399 g/mol. The zero-order chi connectivity index (χ0) is 20.5. The molecule has 5 aromatic rings. The molecule has 4 heteroatoms. The maximum atomic E-state index is 13.9. The van der Waals surface area contributed by atoms with Crippen molar-refractivity contribution in [2.75, 3.05) is 0 Å². The lowest BCUT2D eigenvalue weighted by atomic mass is 9.86. The van der Waals surface area contributed by atoms with E-state index in [1.165, 1.54) is 0 Å². The van der Waals surface area contributed by atoms with E-state index in [1.807, 2.05) is 30.3 Å². The number of pyridine rings is 1. The fourth-order valence-corrected chi connectivity index (χ4v) is 4.76. The second-order valence-electron chi connectivity index (χ2n) is 8.32. The molecule has 0 radical (unpaired) electrons. The van der Waals surface area contributed by atoms with Crippen LogP contribution in [0.2, 0.25) is 0 Å². The van der Waals surface area contributed by atoms with Crippen LogP contribution in [0.5, 0.6) is 0 Å². The van der Waals surface area contributed by atoms with E-state index in [0.717, 1.165) is 60.7 Å². The van der Waals surface area contributed by atoms with Crippen molar-refractivity contribution in [2.45, 2.75) is 32.1 Å². The van der Waals surface area contributed by atoms with Crippen molar-refractivity contribution in [3.05, 3.63) is 77.5 Å². The van der Waals surface area contributed by atoms with Crippen LogP contribution in [0, 0.1) is 6.92 Å². The number of alkyl halides is 2. The number of fused-ring (bicyclic) bond motifs is 5. The first-order valence-corrected chi connectivity index (χ1v) is 10.2. The van der Waals surface area contributed by atoms with Crippen molar-refractivity contribution >= 4 is 32.7 Å². The predicted molar refractivity (Wildman–Crippen MR) is 116 cm³/mol. The Balaban J connectivity index is 1.65. The number of hydrogen-bond donors (Lipinski definition) is 0. The third-order valence-electron chi connectivity index (χ3n) is 6.17. The Kier molecular flexibility index (Phi) is 3.58. The van der Waals surface area contributed by atoms with Crippen molar-refractivity contribution in [2.24, 2.45) is 0 Å². The van der Waals surface area contributed by atoms with Crippen molar-refractivity contribution in [1.82, 2.24) is 4.98 Å². The molecule has 2 heterocycles. The molecule has 2 aromatic heterocycles. The highest BCUT2D eigenvalue weighted by Gasteiger charge is 2.34. The first-order chi connectivity index (χ1) is 14.5. The topological polar surface area (TPSA) is 26.0 Å². The summed E-state index contributed by atoms with van der Waals surface area (Å²) in [6.07, 6.45) is 1.86. The Morgan fingerprint density at radius 3 is 2.70 bits per heavy atom. The van der Waals surface area contributed by atoms with E-state index < -0.39 is 5.92 Å². The molecule has 0 N–H and O–H groups in total. The van der Waals surface area contributed by atoms with Crippen molar-refractivity contribution < 1.29 is 13.2 Å². The molecule has 30 heavy (non-hydrogen) atoms. The average Bonchev–Trinajstić information content (AvgIpc) is 3.09. The van der Waals surface area contributed by atoms with Crippen molar-refractivity contribution in [3.63, 3.8) is 0 Å². The van der Waals surface area contributed by atoms with Crippen LogP contribution in [-0.4, -0.2) is 10.9 Å². The van der Waals surface area contributed by atoms with Gasteiger partial charge in [0, 0.05) is 40.8 Å². The van der Waals surface area contributed by atoms with Crippen LogP contribution in [-0.2, 0) is 12.8 Å². The summed E-state index contributed by atoms with van der Waals surface area (Å²) >= 11 is 0. The number of furan rings is 1. The Morgan fingerprint density at radius 1 is 0.933 bits per heavy atom. The van der Waals surface area contributed by atoms with Crippen LogP contribution < -0.4 is 0 Å². The van der Waals surface area contributed by atoms with Crippen LogP contribution in [0.25, 0.3) is 44.0 Å². The van der Waals surface area contributed by atoms with Gasteiger partial charge in [0.15, 0.2) is 0 Å². The molecule has 0 spiro atoms. The molecule has 0 saturated heterocycles. The quantitative estimate of drug-likeness (QED) is 0.297. The molecule has 0 atom stereocenters. The second kappa shape index (κ2) is 6.11. The van der Waals surface area contributed by atoms with Crippen LogP contribution >= 0.6 is 0 Å².